The Kier molecular flexibility index (Phi) is 3.56. The van der Waals surface area contributed by atoms with Gasteiger partial charge in [-0.3, -0.25) is 4.79 Å². The van der Waals surface area contributed by atoms with Crippen LogP contribution in [0.2, 0.25) is 0 Å². The van der Waals surface area contributed by atoms with Crippen LogP contribution in [0, 0.1) is 0 Å². The summed E-state index contributed by atoms with van der Waals surface area (Å²) in [4.78, 5) is 14.0. The summed E-state index contributed by atoms with van der Waals surface area (Å²) >= 11 is 3.37. The Hall–Kier alpha value is -1.69. The van der Waals surface area contributed by atoms with Crippen LogP contribution in [-0.4, -0.2) is 32.6 Å². The van der Waals surface area contributed by atoms with E-state index in [-0.39, 0.29) is 5.91 Å². The van der Waals surface area contributed by atoms with Crippen LogP contribution in [-0.2, 0) is 19.5 Å². The van der Waals surface area contributed by atoms with Gasteiger partial charge in [-0.25, -0.2) is 0 Å². The summed E-state index contributed by atoms with van der Waals surface area (Å²) in [7, 11) is 1.79. The molecule has 0 unspecified atom stereocenters. The number of fused-ring (bicyclic) bond motifs is 1. The second kappa shape index (κ2) is 5.36. The number of nitrogens with zero attached hydrogens (tertiary/aromatic N) is 4. The third-order valence-electron chi connectivity index (χ3n) is 3.50. The summed E-state index contributed by atoms with van der Waals surface area (Å²) in [6, 6.07) is 7.38. The van der Waals surface area contributed by atoms with Crippen LogP contribution in [0.5, 0.6) is 0 Å². The Morgan fingerprint density at radius 3 is 2.85 bits per heavy atom. The Morgan fingerprint density at radius 1 is 1.35 bits per heavy atom. The van der Waals surface area contributed by atoms with E-state index in [1.54, 1.807) is 11.9 Å². The molecule has 0 fully saturated rings. The van der Waals surface area contributed by atoms with Crippen LogP contribution in [0.15, 0.2) is 28.7 Å². The maximum Gasteiger partial charge on any atom is 0.254 e. The highest BCUT2D eigenvalue weighted by Gasteiger charge is 2.20. The molecule has 3 rings (SSSR count). The van der Waals surface area contributed by atoms with E-state index in [0.29, 0.717) is 12.1 Å². The smallest absolute Gasteiger partial charge is 0.254 e. The van der Waals surface area contributed by atoms with Crippen molar-refractivity contribution >= 4 is 21.8 Å². The molecule has 2 heterocycles. The number of halogens is 1. The molecular weight excluding hydrogens is 320 g/mol. The van der Waals surface area contributed by atoms with Gasteiger partial charge in [0.1, 0.15) is 5.82 Å². The van der Waals surface area contributed by atoms with Crippen LogP contribution >= 0.6 is 15.9 Å². The molecule has 0 bridgehead atoms. The highest BCUT2D eigenvalue weighted by atomic mass is 79.9. The van der Waals surface area contributed by atoms with Gasteiger partial charge in [0.2, 0.25) is 0 Å². The number of amides is 1. The van der Waals surface area contributed by atoms with Crippen LogP contribution < -0.4 is 0 Å². The van der Waals surface area contributed by atoms with E-state index < -0.39 is 0 Å². The van der Waals surface area contributed by atoms with Crippen molar-refractivity contribution in [2.45, 2.75) is 25.9 Å². The van der Waals surface area contributed by atoms with E-state index in [1.807, 2.05) is 24.3 Å². The average Bonchev–Trinajstić information content (AvgIpc) is 3.04. The lowest BCUT2D eigenvalue weighted by Gasteiger charge is -2.17. The van der Waals surface area contributed by atoms with Crippen LogP contribution in [0.4, 0.5) is 0 Å². The molecule has 1 aliphatic heterocycles. The van der Waals surface area contributed by atoms with Crippen molar-refractivity contribution in [1.29, 1.82) is 0 Å². The Bertz CT molecular complexity index is 635. The third kappa shape index (κ3) is 2.47. The van der Waals surface area contributed by atoms with Crippen LogP contribution in [0.1, 0.15) is 28.4 Å². The summed E-state index contributed by atoms with van der Waals surface area (Å²) in [5.41, 5.74) is 0.678. The van der Waals surface area contributed by atoms with E-state index >= 15 is 0 Å². The van der Waals surface area contributed by atoms with E-state index in [0.717, 1.165) is 35.5 Å². The minimum Gasteiger partial charge on any atom is -0.334 e. The number of carbonyl (C=O) groups is 1. The maximum atomic E-state index is 12.3. The molecule has 1 amide bonds. The van der Waals surface area contributed by atoms with Crippen molar-refractivity contribution in [2.75, 3.05) is 7.05 Å². The molecule has 0 aliphatic carbocycles. The molecule has 1 aliphatic rings. The number of aromatic nitrogens is 3. The number of hydrogen-bond donors (Lipinski definition) is 0. The second-order valence-corrected chi connectivity index (χ2v) is 5.87. The van der Waals surface area contributed by atoms with E-state index in [2.05, 4.69) is 30.7 Å². The highest BCUT2D eigenvalue weighted by Crippen LogP contribution is 2.16. The SMILES string of the molecule is CN(Cc1nnc2n1CCC2)C(=O)c1ccc(Br)cc1. The van der Waals surface area contributed by atoms with Gasteiger partial charge in [0.25, 0.3) is 5.91 Å². The summed E-state index contributed by atoms with van der Waals surface area (Å²) < 4.78 is 3.08. The Balaban J connectivity index is 1.74. The zero-order valence-corrected chi connectivity index (χ0v) is 12.8. The van der Waals surface area contributed by atoms with Gasteiger partial charge in [-0.1, -0.05) is 15.9 Å². The van der Waals surface area contributed by atoms with Gasteiger partial charge in [-0.05, 0) is 30.7 Å². The van der Waals surface area contributed by atoms with Gasteiger partial charge in [-0.2, -0.15) is 0 Å². The van der Waals surface area contributed by atoms with Crippen LogP contribution in [0.25, 0.3) is 0 Å². The summed E-state index contributed by atoms with van der Waals surface area (Å²) in [5, 5.41) is 8.34. The molecule has 1 aromatic carbocycles. The lowest BCUT2D eigenvalue weighted by Crippen LogP contribution is -2.27. The first-order valence-corrected chi connectivity index (χ1v) is 7.36. The molecular formula is C14H15BrN4O. The Morgan fingerprint density at radius 2 is 2.10 bits per heavy atom. The van der Waals surface area contributed by atoms with E-state index in [1.165, 1.54) is 0 Å². The first-order chi connectivity index (χ1) is 9.65. The summed E-state index contributed by atoms with van der Waals surface area (Å²) in [5.74, 6) is 1.89. The van der Waals surface area contributed by atoms with Crippen molar-refractivity contribution in [3.05, 3.63) is 46.0 Å². The molecule has 20 heavy (non-hydrogen) atoms. The van der Waals surface area contributed by atoms with Crippen molar-refractivity contribution in [2.24, 2.45) is 0 Å². The standard InChI is InChI=1S/C14H15BrN4O/c1-18(14(20)10-4-6-11(15)7-5-10)9-13-17-16-12-3-2-8-19(12)13/h4-7H,2-3,8-9H2,1H3. The number of aryl methyl sites for hydroxylation is 1. The molecule has 104 valence electrons. The molecule has 0 N–H and O–H groups in total. The quantitative estimate of drug-likeness (QED) is 0.865. The highest BCUT2D eigenvalue weighted by molar-refractivity contribution is 9.10. The monoisotopic (exact) mass is 334 g/mol. The summed E-state index contributed by atoms with van der Waals surface area (Å²) in [6.07, 6.45) is 2.10. The zero-order valence-electron chi connectivity index (χ0n) is 11.2. The molecule has 0 atom stereocenters. The van der Waals surface area contributed by atoms with Gasteiger partial charge in [-0.15, -0.1) is 10.2 Å². The molecule has 0 radical (unpaired) electrons. The molecule has 0 saturated carbocycles. The fourth-order valence-electron chi connectivity index (χ4n) is 2.42. The minimum absolute atomic E-state index is 0.00662. The topological polar surface area (TPSA) is 51.0 Å². The molecule has 0 spiro atoms. The van der Waals surface area contributed by atoms with E-state index in [4.69, 9.17) is 0 Å². The van der Waals surface area contributed by atoms with Crippen LogP contribution in [0.3, 0.4) is 0 Å². The normalized spacial score (nSPS) is 13.3. The predicted molar refractivity (Wildman–Crippen MR) is 78.3 cm³/mol. The first-order valence-electron chi connectivity index (χ1n) is 6.57. The lowest BCUT2D eigenvalue weighted by atomic mass is 10.2. The van der Waals surface area contributed by atoms with Gasteiger partial charge in [0.15, 0.2) is 5.82 Å². The summed E-state index contributed by atoms with van der Waals surface area (Å²) in [6.45, 7) is 1.44. The fourth-order valence-corrected chi connectivity index (χ4v) is 2.69. The number of hydrogen-bond acceptors (Lipinski definition) is 3. The molecule has 0 saturated heterocycles. The molecule has 6 heteroatoms. The fraction of sp³-hybridized carbons (Fsp3) is 0.357. The largest absolute Gasteiger partial charge is 0.334 e. The predicted octanol–water partition coefficient (Wildman–Crippen LogP) is 2.26. The van der Waals surface area contributed by atoms with Crippen molar-refractivity contribution in [3.63, 3.8) is 0 Å². The average molecular weight is 335 g/mol. The number of rotatable bonds is 3. The molecule has 2 aromatic rings. The number of benzene rings is 1. The van der Waals surface area contributed by atoms with Gasteiger partial charge in [0, 0.05) is 30.0 Å². The zero-order chi connectivity index (χ0) is 14.1. The molecule has 1 aromatic heterocycles. The van der Waals surface area contributed by atoms with Gasteiger partial charge >= 0.3 is 0 Å². The second-order valence-electron chi connectivity index (χ2n) is 4.96. The number of carbonyl (C=O) groups excluding carboxylic acids is 1. The van der Waals surface area contributed by atoms with Crippen molar-refractivity contribution in [1.82, 2.24) is 19.7 Å². The lowest BCUT2D eigenvalue weighted by molar-refractivity contribution is 0.0780. The minimum atomic E-state index is -0.00662. The van der Waals surface area contributed by atoms with Crippen molar-refractivity contribution < 1.29 is 4.79 Å². The maximum absolute atomic E-state index is 12.3. The first kappa shape index (κ1) is 13.3. The van der Waals surface area contributed by atoms with Crippen molar-refractivity contribution in [3.8, 4) is 0 Å². The Labute approximate surface area is 125 Å². The molecule has 5 nitrogen and oxygen atoms in total. The van der Waals surface area contributed by atoms with E-state index in [9.17, 15) is 4.79 Å². The van der Waals surface area contributed by atoms with Gasteiger partial charge < -0.3 is 9.47 Å². The van der Waals surface area contributed by atoms with Gasteiger partial charge in [0.05, 0.1) is 6.54 Å². The third-order valence-corrected chi connectivity index (χ3v) is 4.03.